The summed E-state index contributed by atoms with van der Waals surface area (Å²) in [7, 11) is 0. The maximum Gasteiger partial charge on any atom is -0.0771 e. The molecule has 6 rings (SSSR count). The van der Waals surface area contributed by atoms with Crippen LogP contribution in [0.4, 0.5) is 0 Å². The smallest absolute Gasteiger partial charge is 0.0771 e. The minimum Gasteiger partial charge on any atom is -0.214 e. The molecule has 0 fully saturated rings. The molecule has 0 saturated heterocycles. The maximum absolute atomic E-state index is 2.24. The molecule has 0 atom stereocenters. The summed E-state index contributed by atoms with van der Waals surface area (Å²) in [5.41, 5.74) is 2.66. The third kappa shape index (κ3) is 7.47. The molecule has 0 aliphatic carbocycles. The van der Waals surface area contributed by atoms with Crippen LogP contribution in [-0.2, 0) is 24.2 Å². The van der Waals surface area contributed by atoms with Crippen LogP contribution < -0.4 is 24.8 Å². The third-order valence-corrected chi connectivity index (χ3v) is 6.62. The van der Waals surface area contributed by atoms with Gasteiger partial charge in [0.1, 0.15) is 0 Å². The number of hydrogen-bond acceptors (Lipinski definition) is 0. The van der Waals surface area contributed by atoms with Crippen molar-refractivity contribution in [2.45, 2.75) is 0 Å². The van der Waals surface area contributed by atoms with Crippen molar-refractivity contribution >= 4 is 24.8 Å². The van der Waals surface area contributed by atoms with Gasteiger partial charge in [0.05, 0.1) is 0 Å². The number of rotatable bonds is 2. The van der Waals surface area contributed by atoms with Gasteiger partial charge in [-0.05, 0) is 0 Å². The summed E-state index contributed by atoms with van der Waals surface area (Å²) in [5, 5.41) is 5.39. The first-order valence-corrected chi connectivity index (χ1v) is 11.9. The second kappa shape index (κ2) is 14.6. The monoisotopic (exact) mass is 556 g/mol. The molecule has 0 aliphatic heterocycles. The maximum atomic E-state index is 2.24. The molecule has 0 unspecified atom stereocenters. The van der Waals surface area contributed by atoms with Gasteiger partial charge in [0, 0.05) is 0 Å². The predicted molar refractivity (Wildman–Crippen MR) is 135 cm³/mol. The van der Waals surface area contributed by atoms with Crippen molar-refractivity contribution in [2.75, 3.05) is 0 Å². The van der Waals surface area contributed by atoms with Gasteiger partial charge in [-0.2, -0.15) is 18.2 Å². The topological polar surface area (TPSA) is 0 Å². The zero-order chi connectivity index (χ0) is 22.0. The molecule has 0 heterocycles. The fourth-order valence-corrected chi connectivity index (χ4v) is 4.42. The van der Waals surface area contributed by atoms with Gasteiger partial charge < -0.3 is 24.8 Å². The Kier molecular flexibility index (Phi) is 11.9. The number of benzene rings is 4. The minimum absolute atomic E-state index is 0. The second-order valence-corrected chi connectivity index (χ2v) is 8.62. The van der Waals surface area contributed by atoms with Crippen LogP contribution in [0, 0.1) is 0 Å². The van der Waals surface area contributed by atoms with Crippen molar-refractivity contribution in [3.63, 3.8) is 0 Å². The van der Waals surface area contributed by atoms with Gasteiger partial charge in [0.15, 0.2) is 0 Å². The van der Waals surface area contributed by atoms with Crippen LogP contribution in [0.1, 0.15) is 11.1 Å². The molecular formula is C31H24Cl2Zr-2. The second-order valence-electron chi connectivity index (χ2n) is 7.39. The van der Waals surface area contributed by atoms with Crippen LogP contribution in [0.2, 0.25) is 0 Å². The van der Waals surface area contributed by atoms with Gasteiger partial charge in [-0.15, -0.1) is 39.7 Å². The molecule has 0 aromatic heterocycles. The normalized spacial score (nSPS) is 9.47. The first-order valence-electron chi connectivity index (χ1n) is 10.7. The Bertz CT molecular complexity index is 1260. The zero-order valence-corrected chi connectivity index (χ0v) is 22.6. The summed E-state index contributed by atoms with van der Waals surface area (Å²) >= 11 is 1.46. The number of hydrogen-bond donors (Lipinski definition) is 0. The SMILES string of the molecule is [Cl-].[Cl-].[Zr+2]=[C](c1ccccc1)c1ccccc1.c1cc[cH-]c1.c1ccc2c(c1)[cH-]c1ccccc12. The molecule has 0 radical (unpaired) electrons. The van der Waals surface area contributed by atoms with E-state index in [2.05, 4.69) is 115 Å². The third-order valence-electron chi connectivity index (χ3n) is 5.20. The van der Waals surface area contributed by atoms with Crippen molar-refractivity contribution in [3.8, 4) is 0 Å². The van der Waals surface area contributed by atoms with E-state index in [9.17, 15) is 0 Å². The van der Waals surface area contributed by atoms with Crippen LogP contribution in [0.15, 0.2) is 146 Å². The van der Waals surface area contributed by atoms with Crippen LogP contribution in [0.25, 0.3) is 21.5 Å². The van der Waals surface area contributed by atoms with E-state index in [0.717, 1.165) is 0 Å². The van der Waals surface area contributed by atoms with Crippen LogP contribution >= 0.6 is 0 Å². The number of fused-ring (bicyclic) bond motifs is 3. The van der Waals surface area contributed by atoms with Crippen LogP contribution in [0.5, 0.6) is 0 Å². The number of halogens is 2. The Hall–Kier alpha value is -2.57. The minimum atomic E-state index is 0. The molecule has 0 aliphatic rings. The van der Waals surface area contributed by atoms with Crippen LogP contribution in [0.3, 0.4) is 0 Å². The molecule has 0 amide bonds. The standard InChI is InChI=1S/C13H9.C13H10.C5H5.2ClH.Zr/c1-3-7-12-10(5-1)9-11-6-2-4-8-13(11)12;1-3-7-12(8-4-1)11-13-9-5-2-6-10-13;1-2-4-5-3-1;;;/h1-9H;1-10H;1-5H;2*1H;/q-1;;-1;;;+2/p-2. The van der Waals surface area contributed by atoms with E-state index < -0.39 is 0 Å². The Labute approximate surface area is 229 Å². The van der Waals surface area contributed by atoms with E-state index in [1.807, 2.05) is 30.3 Å². The Morgan fingerprint density at radius 1 is 0.471 bits per heavy atom. The molecule has 6 aromatic rings. The van der Waals surface area contributed by atoms with Crippen molar-refractivity contribution in [3.05, 3.63) is 157 Å². The largest absolute Gasteiger partial charge is 0.214 e. The fourth-order valence-electron chi connectivity index (χ4n) is 3.60. The first kappa shape index (κ1) is 27.7. The summed E-state index contributed by atoms with van der Waals surface area (Å²) in [6, 6.07) is 50.4. The van der Waals surface area contributed by atoms with E-state index in [4.69, 9.17) is 0 Å². The molecule has 0 bridgehead atoms. The van der Waals surface area contributed by atoms with E-state index >= 15 is 0 Å². The van der Waals surface area contributed by atoms with Gasteiger partial charge in [0.2, 0.25) is 0 Å². The van der Waals surface area contributed by atoms with Gasteiger partial charge in [0.25, 0.3) is 0 Å². The van der Waals surface area contributed by atoms with Gasteiger partial charge in [-0.3, -0.25) is 0 Å². The summed E-state index contributed by atoms with van der Waals surface area (Å²) in [4.78, 5) is 0. The quantitative estimate of drug-likeness (QED) is 0.285. The van der Waals surface area contributed by atoms with Gasteiger partial charge in [-0.1, -0.05) is 36.4 Å². The Morgan fingerprint density at radius 2 is 0.853 bits per heavy atom. The molecule has 6 aromatic carbocycles. The van der Waals surface area contributed by atoms with Gasteiger partial charge >= 0.3 is 99.2 Å². The van der Waals surface area contributed by atoms with Crippen molar-refractivity contribution in [1.82, 2.24) is 0 Å². The summed E-state index contributed by atoms with van der Waals surface area (Å²) in [6.45, 7) is 0. The molecule has 0 nitrogen and oxygen atoms in total. The van der Waals surface area contributed by atoms with Crippen molar-refractivity contribution in [2.24, 2.45) is 0 Å². The molecular weight excluding hydrogens is 534 g/mol. The van der Waals surface area contributed by atoms with E-state index in [1.165, 1.54) is 60.1 Å². The Balaban J connectivity index is 0.000000191. The average molecular weight is 559 g/mol. The molecule has 0 spiro atoms. The first-order chi connectivity index (χ1) is 15.8. The molecule has 3 heteroatoms. The van der Waals surface area contributed by atoms with E-state index in [0.29, 0.717) is 0 Å². The molecule has 168 valence electrons. The molecule has 0 saturated carbocycles. The Morgan fingerprint density at radius 3 is 1.24 bits per heavy atom. The summed E-state index contributed by atoms with van der Waals surface area (Å²) in [6.07, 6.45) is 0. The van der Waals surface area contributed by atoms with E-state index in [-0.39, 0.29) is 24.8 Å². The van der Waals surface area contributed by atoms with Crippen LogP contribution in [-0.4, -0.2) is 3.21 Å². The van der Waals surface area contributed by atoms with Crippen molar-refractivity contribution < 1.29 is 49.0 Å². The van der Waals surface area contributed by atoms with E-state index in [1.54, 1.807) is 0 Å². The molecule has 0 N–H and O–H groups in total. The summed E-state index contributed by atoms with van der Waals surface area (Å²) < 4.78 is 1.42. The van der Waals surface area contributed by atoms with Crippen molar-refractivity contribution in [1.29, 1.82) is 0 Å². The van der Waals surface area contributed by atoms with Gasteiger partial charge in [-0.25, -0.2) is 12.1 Å². The molecule has 34 heavy (non-hydrogen) atoms. The average Bonchev–Trinajstić information content (AvgIpc) is 3.57. The summed E-state index contributed by atoms with van der Waals surface area (Å²) in [5.74, 6) is 0. The predicted octanol–water partition coefficient (Wildman–Crippen LogP) is 1.93. The fraction of sp³-hybridized carbons (Fsp3) is 0. The zero-order valence-electron chi connectivity index (χ0n) is 18.6.